The van der Waals surface area contributed by atoms with Crippen LogP contribution in [0.1, 0.15) is 25.8 Å². The summed E-state index contributed by atoms with van der Waals surface area (Å²) < 4.78 is 50.1. The van der Waals surface area contributed by atoms with Gasteiger partial charge in [-0.05, 0) is 19.9 Å². The highest BCUT2D eigenvalue weighted by Gasteiger charge is 2.38. The van der Waals surface area contributed by atoms with Crippen molar-refractivity contribution in [3.63, 3.8) is 0 Å². The smallest absolute Gasteiger partial charge is 0.418 e. The molecule has 0 aromatic carbocycles. The van der Waals surface area contributed by atoms with Crippen LogP contribution in [0, 0.1) is 5.92 Å². The van der Waals surface area contributed by atoms with Gasteiger partial charge in [0.2, 0.25) is 11.8 Å². The molecule has 2 saturated heterocycles. The number of carbonyl (C=O) groups is 3. The van der Waals surface area contributed by atoms with Gasteiger partial charge in [-0.3, -0.25) is 19.8 Å². The molecule has 4 rings (SSSR count). The number of halogens is 3. The summed E-state index contributed by atoms with van der Waals surface area (Å²) >= 11 is 0. The van der Waals surface area contributed by atoms with E-state index in [0.29, 0.717) is 38.6 Å². The van der Waals surface area contributed by atoms with Crippen LogP contribution in [0.15, 0.2) is 12.3 Å². The molecule has 2 amide bonds. The number of hydrazine groups is 1. The van der Waals surface area contributed by atoms with Gasteiger partial charge in [-0.25, -0.2) is 10.4 Å². The standard InChI is InChI=1S/C23H31F3N6O5/c1-13(29-17-9-28-30-22(35)20(17)14(2)33)11-36-6-3-19(34)31-4-5-32-16(10-31)12-37-18-7-15(23(24,25)26)8-27-21(18)32/h7-8,13,16-17,20,28-29H,3-6,9-12H2,1-2H3,(H,30,35)/t13-,16?,17?,20?/m0/s1. The zero-order valence-corrected chi connectivity index (χ0v) is 20.6. The molecule has 0 saturated carbocycles. The molecule has 0 spiro atoms. The highest BCUT2D eigenvalue weighted by Crippen LogP contribution is 2.38. The SMILES string of the molecule is CC(=O)C1C(=O)NNCC1N[C@@H](C)COCCC(=O)N1CCN2c3ncc(C(F)(F)F)cc3OCC2C1. The van der Waals surface area contributed by atoms with Gasteiger partial charge in [0.15, 0.2) is 11.6 Å². The Kier molecular flexibility index (Phi) is 8.19. The molecule has 37 heavy (non-hydrogen) atoms. The molecule has 0 aliphatic carbocycles. The van der Waals surface area contributed by atoms with Crippen molar-refractivity contribution < 1.29 is 37.0 Å². The Morgan fingerprint density at radius 1 is 1.35 bits per heavy atom. The molecule has 0 bridgehead atoms. The maximum atomic E-state index is 13.0. The number of hydrogen-bond acceptors (Lipinski definition) is 9. The van der Waals surface area contributed by atoms with E-state index in [1.54, 1.807) is 4.90 Å². The van der Waals surface area contributed by atoms with Crippen LogP contribution in [0.5, 0.6) is 5.75 Å². The first-order valence-corrected chi connectivity index (χ1v) is 12.2. The van der Waals surface area contributed by atoms with Gasteiger partial charge < -0.3 is 24.6 Å². The fourth-order valence-electron chi connectivity index (χ4n) is 4.84. The summed E-state index contributed by atoms with van der Waals surface area (Å²) in [5.41, 5.74) is 4.37. The fourth-order valence-corrected chi connectivity index (χ4v) is 4.84. The van der Waals surface area contributed by atoms with Crippen molar-refractivity contribution in [1.29, 1.82) is 0 Å². The summed E-state index contributed by atoms with van der Waals surface area (Å²) in [6.45, 7) is 5.55. The summed E-state index contributed by atoms with van der Waals surface area (Å²) in [4.78, 5) is 44.1. The number of alkyl halides is 3. The Morgan fingerprint density at radius 3 is 2.86 bits per heavy atom. The molecule has 4 atom stereocenters. The van der Waals surface area contributed by atoms with Gasteiger partial charge in [0.25, 0.3) is 0 Å². The molecule has 2 fully saturated rings. The number of ketones is 1. The quantitative estimate of drug-likeness (QED) is 0.318. The molecule has 3 N–H and O–H groups in total. The number of nitrogens with one attached hydrogen (secondary N) is 3. The molecular formula is C23H31F3N6O5. The molecule has 11 nitrogen and oxygen atoms in total. The molecule has 3 aliphatic rings. The van der Waals surface area contributed by atoms with E-state index in [0.717, 1.165) is 12.3 Å². The Labute approximate surface area is 212 Å². The van der Waals surface area contributed by atoms with Gasteiger partial charge in [0.1, 0.15) is 18.3 Å². The number of fused-ring (bicyclic) bond motifs is 3. The lowest BCUT2D eigenvalue weighted by atomic mass is 9.93. The number of amides is 2. The fraction of sp³-hybridized carbons (Fsp3) is 0.652. The van der Waals surface area contributed by atoms with Crippen LogP contribution in [0.3, 0.4) is 0 Å². The van der Waals surface area contributed by atoms with Gasteiger partial charge in [-0.1, -0.05) is 0 Å². The van der Waals surface area contributed by atoms with Crippen molar-refractivity contribution in [2.75, 3.05) is 50.9 Å². The second kappa shape index (κ2) is 11.2. The number of aromatic nitrogens is 1. The van der Waals surface area contributed by atoms with Crippen molar-refractivity contribution in [1.82, 2.24) is 26.1 Å². The molecular weight excluding hydrogens is 497 g/mol. The normalized spacial score (nSPS) is 24.5. The van der Waals surface area contributed by atoms with Gasteiger partial charge >= 0.3 is 6.18 Å². The second-order valence-corrected chi connectivity index (χ2v) is 9.50. The number of Topliss-reactive ketones (excluding diaryl/α,β-unsaturated/α-hetero) is 1. The minimum atomic E-state index is -4.50. The van der Waals surface area contributed by atoms with Gasteiger partial charge in [0.05, 0.1) is 31.2 Å². The summed E-state index contributed by atoms with van der Waals surface area (Å²) in [6, 6.07) is 0.251. The largest absolute Gasteiger partial charge is 0.487 e. The van der Waals surface area contributed by atoms with E-state index in [2.05, 4.69) is 21.2 Å². The number of anilines is 1. The van der Waals surface area contributed by atoms with E-state index in [1.165, 1.54) is 6.92 Å². The van der Waals surface area contributed by atoms with Crippen LogP contribution in [0.25, 0.3) is 0 Å². The lowest BCUT2D eigenvalue weighted by Gasteiger charge is -2.44. The Hall–Kier alpha value is -2.97. The third-order valence-corrected chi connectivity index (χ3v) is 6.68. The van der Waals surface area contributed by atoms with Crippen LogP contribution in [0.2, 0.25) is 0 Å². The Bertz CT molecular complexity index is 1030. The average Bonchev–Trinajstić information content (AvgIpc) is 2.85. The van der Waals surface area contributed by atoms with E-state index in [-0.39, 0.29) is 61.1 Å². The van der Waals surface area contributed by atoms with Crippen LogP contribution < -0.4 is 25.8 Å². The molecule has 3 unspecified atom stereocenters. The van der Waals surface area contributed by atoms with E-state index in [1.807, 2.05) is 11.8 Å². The van der Waals surface area contributed by atoms with Gasteiger partial charge in [-0.2, -0.15) is 13.2 Å². The molecule has 3 aliphatic heterocycles. The van der Waals surface area contributed by atoms with E-state index >= 15 is 0 Å². The van der Waals surface area contributed by atoms with E-state index in [4.69, 9.17) is 9.47 Å². The summed E-state index contributed by atoms with van der Waals surface area (Å²) in [7, 11) is 0. The van der Waals surface area contributed by atoms with Crippen molar-refractivity contribution in [2.24, 2.45) is 5.92 Å². The maximum Gasteiger partial charge on any atom is 0.418 e. The Balaban J connectivity index is 1.20. The van der Waals surface area contributed by atoms with Gasteiger partial charge in [-0.15, -0.1) is 0 Å². The summed E-state index contributed by atoms with van der Waals surface area (Å²) in [5.74, 6) is -0.995. The van der Waals surface area contributed by atoms with Crippen molar-refractivity contribution >= 4 is 23.4 Å². The number of ether oxygens (including phenoxy) is 2. The van der Waals surface area contributed by atoms with Gasteiger partial charge in [0, 0.05) is 44.5 Å². The molecule has 4 heterocycles. The molecule has 0 radical (unpaired) electrons. The predicted octanol–water partition coefficient (Wildman–Crippen LogP) is 0.103. The van der Waals surface area contributed by atoms with Crippen LogP contribution in [0.4, 0.5) is 19.0 Å². The summed E-state index contributed by atoms with van der Waals surface area (Å²) in [6.07, 6.45) is -3.52. The van der Waals surface area contributed by atoms with Crippen LogP contribution in [-0.4, -0.2) is 91.6 Å². The van der Waals surface area contributed by atoms with E-state index < -0.39 is 17.7 Å². The minimum absolute atomic E-state index is 0.0868. The number of rotatable bonds is 8. The van der Waals surface area contributed by atoms with Crippen LogP contribution in [-0.2, 0) is 25.3 Å². The third kappa shape index (κ3) is 6.30. The topological polar surface area (TPSA) is 125 Å². The van der Waals surface area contributed by atoms with Crippen LogP contribution >= 0.6 is 0 Å². The van der Waals surface area contributed by atoms with Crippen molar-refractivity contribution in [3.05, 3.63) is 17.8 Å². The maximum absolute atomic E-state index is 13.0. The number of nitrogens with zero attached hydrogens (tertiary/aromatic N) is 3. The Morgan fingerprint density at radius 2 is 2.14 bits per heavy atom. The summed E-state index contributed by atoms with van der Waals surface area (Å²) in [5, 5.41) is 3.23. The number of hydrogen-bond donors (Lipinski definition) is 3. The molecule has 1 aromatic rings. The monoisotopic (exact) mass is 528 g/mol. The average molecular weight is 529 g/mol. The first kappa shape index (κ1) is 27.1. The zero-order chi connectivity index (χ0) is 26.7. The number of pyridine rings is 1. The number of carbonyl (C=O) groups excluding carboxylic acids is 3. The second-order valence-electron chi connectivity index (χ2n) is 9.50. The third-order valence-electron chi connectivity index (χ3n) is 6.68. The first-order chi connectivity index (χ1) is 17.5. The lowest BCUT2D eigenvalue weighted by molar-refractivity contribution is -0.138. The minimum Gasteiger partial charge on any atom is -0.487 e. The van der Waals surface area contributed by atoms with Crippen molar-refractivity contribution in [3.8, 4) is 5.75 Å². The molecule has 204 valence electrons. The highest BCUT2D eigenvalue weighted by atomic mass is 19.4. The van der Waals surface area contributed by atoms with E-state index in [9.17, 15) is 27.6 Å². The number of piperazine rings is 1. The van der Waals surface area contributed by atoms with Crippen molar-refractivity contribution in [2.45, 2.75) is 44.6 Å². The predicted molar refractivity (Wildman–Crippen MR) is 125 cm³/mol. The zero-order valence-electron chi connectivity index (χ0n) is 20.6. The molecule has 14 heteroatoms. The lowest BCUT2D eigenvalue weighted by Crippen LogP contribution is -2.63. The molecule has 1 aromatic heterocycles. The highest BCUT2D eigenvalue weighted by molar-refractivity contribution is 6.01. The first-order valence-electron chi connectivity index (χ1n) is 12.2.